The summed E-state index contributed by atoms with van der Waals surface area (Å²) < 4.78 is 38.8. The summed E-state index contributed by atoms with van der Waals surface area (Å²) in [7, 11) is 1.62. The van der Waals surface area contributed by atoms with E-state index in [1.165, 1.54) is 0 Å². The van der Waals surface area contributed by atoms with Gasteiger partial charge in [-0.2, -0.15) is 5.06 Å². The van der Waals surface area contributed by atoms with Crippen molar-refractivity contribution in [2.45, 2.75) is 6.41 Å². The summed E-state index contributed by atoms with van der Waals surface area (Å²) in [6.45, 7) is 5.36. The first-order valence-corrected chi connectivity index (χ1v) is 9.92. The fourth-order valence-corrected chi connectivity index (χ4v) is 2.41. The van der Waals surface area contributed by atoms with Crippen LogP contribution in [-0.2, 0) is 38.0 Å². The molecule has 1 heterocycles. The van der Waals surface area contributed by atoms with Crippen LogP contribution in [0.15, 0.2) is 30.3 Å². The van der Waals surface area contributed by atoms with Gasteiger partial charge in [-0.25, -0.2) is 0 Å². The number of rotatable bonds is 5. The minimum Gasteiger partial charge on any atom is -0.382 e. The molecule has 1 aliphatic rings. The second-order valence-corrected chi connectivity index (χ2v) is 5.99. The first-order chi connectivity index (χ1) is 14.4. The van der Waals surface area contributed by atoms with Crippen LogP contribution in [0.1, 0.15) is 0 Å². The molecule has 1 fully saturated rings. The number of benzene rings is 1. The smallest absolute Gasteiger partial charge is 0.263 e. The molecule has 1 atom stereocenters. The Hall–Kier alpha value is -1.30. The number of ether oxygens (including phenoxy) is 7. The lowest BCUT2D eigenvalue weighted by Crippen LogP contribution is -2.41. The Morgan fingerprint density at radius 1 is 0.759 bits per heavy atom. The van der Waals surface area contributed by atoms with Crippen LogP contribution in [0.3, 0.4) is 0 Å². The van der Waals surface area contributed by atoms with E-state index in [-0.39, 0.29) is 0 Å². The van der Waals surface area contributed by atoms with Crippen molar-refractivity contribution >= 4 is 5.69 Å². The van der Waals surface area contributed by atoms with Crippen LogP contribution in [0.25, 0.3) is 0 Å². The van der Waals surface area contributed by atoms with Gasteiger partial charge >= 0.3 is 0 Å². The molecule has 1 aromatic carbocycles. The van der Waals surface area contributed by atoms with Crippen molar-refractivity contribution in [1.82, 2.24) is 0 Å². The highest BCUT2D eigenvalue weighted by Gasteiger charge is 2.22. The van der Waals surface area contributed by atoms with Gasteiger partial charge in [-0.05, 0) is 12.1 Å². The van der Waals surface area contributed by atoms with Gasteiger partial charge in [-0.1, -0.05) is 18.2 Å². The zero-order valence-corrected chi connectivity index (χ0v) is 17.2. The van der Waals surface area contributed by atoms with Gasteiger partial charge in [0.05, 0.1) is 85.0 Å². The number of para-hydroxylation sites is 1. The maximum atomic E-state index is 5.93. The summed E-state index contributed by atoms with van der Waals surface area (Å²) in [5.41, 5.74) is 0.807. The van der Waals surface area contributed by atoms with Crippen molar-refractivity contribution in [3.05, 3.63) is 30.3 Å². The lowest BCUT2D eigenvalue weighted by Gasteiger charge is -2.31. The summed E-state index contributed by atoms with van der Waals surface area (Å²) in [6, 6.07) is 9.63. The average molecular weight is 415 g/mol. The molecule has 0 radical (unpaired) electrons. The Bertz CT molecular complexity index is 493. The number of methoxy groups -OCH3 is 1. The molecule has 0 aromatic heterocycles. The monoisotopic (exact) mass is 415 g/mol. The molecule has 0 saturated carbocycles. The van der Waals surface area contributed by atoms with Crippen LogP contribution in [0.5, 0.6) is 0 Å². The molecular formula is C20H33NO8. The van der Waals surface area contributed by atoms with Crippen molar-refractivity contribution in [3.8, 4) is 0 Å². The molecule has 29 heavy (non-hydrogen) atoms. The molecule has 0 amide bonds. The summed E-state index contributed by atoms with van der Waals surface area (Å²) >= 11 is 0. The molecule has 0 bridgehead atoms. The average Bonchev–Trinajstić information content (AvgIpc) is 2.75. The number of hydrogen-bond acceptors (Lipinski definition) is 9. The van der Waals surface area contributed by atoms with Crippen LogP contribution in [0.4, 0.5) is 5.69 Å². The van der Waals surface area contributed by atoms with Crippen molar-refractivity contribution in [3.63, 3.8) is 0 Å². The normalized spacial score (nSPS) is 22.0. The summed E-state index contributed by atoms with van der Waals surface area (Å²) in [6.07, 6.45) is -0.755. The summed E-state index contributed by atoms with van der Waals surface area (Å²) in [5.74, 6) is 0. The second kappa shape index (κ2) is 16.5. The molecule has 0 spiro atoms. The van der Waals surface area contributed by atoms with Gasteiger partial charge in [0.25, 0.3) is 6.41 Å². The second-order valence-electron chi connectivity index (χ2n) is 5.99. The molecule has 2 rings (SSSR count). The van der Waals surface area contributed by atoms with Crippen molar-refractivity contribution < 1.29 is 38.0 Å². The van der Waals surface area contributed by atoms with E-state index in [0.29, 0.717) is 79.3 Å². The fourth-order valence-electron chi connectivity index (χ4n) is 2.41. The molecule has 9 heteroatoms. The van der Waals surface area contributed by atoms with Crippen molar-refractivity contribution in [1.29, 1.82) is 0 Å². The molecule has 1 aliphatic heterocycles. The third kappa shape index (κ3) is 10.9. The standard InChI is InChI=1S/C20H33NO8/c1-22-7-16-27-20-21(19-5-3-2-4-6-19)29-18-15-26-13-11-24-9-8-23-10-12-25-14-17-28-20/h2-6,20H,7-18H2,1H3. The minimum atomic E-state index is -0.755. The van der Waals surface area contributed by atoms with Gasteiger partial charge in [-0.3, -0.25) is 4.84 Å². The Kier molecular flexibility index (Phi) is 13.6. The molecule has 166 valence electrons. The SMILES string of the molecule is COCCOC1OCCOCCOCCOCCOCCON1c1ccccc1. The zero-order chi connectivity index (χ0) is 20.4. The first kappa shape index (κ1) is 24.0. The van der Waals surface area contributed by atoms with E-state index in [9.17, 15) is 0 Å². The van der Waals surface area contributed by atoms with Crippen LogP contribution < -0.4 is 5.06 Å². The van der Waals surface area contributed by atoms with E-state index in [2.05, 4.69) is 0 Å². The Morgan fingerprint density at radius 3 is 1.90 bits per heavy atom. The number of hydrogen-bond donors (Lipinski definition) is 0. The summed E-state index contributed by atoms with van der Waals surface area (Å²) in [4.78, 5) is 5.93. The van der Waals surface area contributed by atoms with Crippen LogP contribution in [-0.4, -0.2) is 92.8 Å². The zero-order valence-electron chi connectivity index (χ0n) is 17.2. The van der Waals surface area contributed by atoms with Crippen molar-refractivity contribution in [2.75, 3.05) is 91.5 Å². The van der Waals surface area contributed by atoms with Crippen LogP contribution in [0, 0.1) is 0 Å². The highest BCUT2D eigenvalue weighted by molar-refractivity contribution is 5.43. The van der Waals surface area contributed by atoms with Gasteiger partial charge < -0.3 is 33.2 Å². The topological polar surface area (TPSA) is 77.1 Å². The number of hydroxylamine groups is 1. The molecule has 1 unspecified atom stereocenters. The predicted octanol–water partition coefficient (Wildman–Crippen LogP) is 1.47. The van der Waals surface area contributed by atoms with E-state index in [0.717, 1.165) is 5.69 Å². The van der Waals surface area contributed by atoms with E-state index in [1.807, 2.05) is 30.3 Å². The van der Waals surface area contributed by atoms with Crippen LogP contribution in [0.2, 0.25) is 0 Å². The molecule has 0 N–H and O–H groups in total. The molecule has 9 nitrogen and oxygen atoms in total. The number of anilines is 1. The van der Waals surface area contributed by atoms with Crippen LogP contribution >= 0.6 is 0 Å². The van der Waals surface area contributed by atoms with Gasteiger partial charge in [-0.15, -0.1) is 0 Å². The van der Waals surface area contributed by atoms with Gasteiger partial charge in [0.1, 0.15) is 0 Å². The highest BCUT2D eigenvalue weighted by Crippen LogP contribution is 2.19. The van der Waals surface area contributed by atoms with Gasteiger partial charge in [0.15, 0.2) is 0 Å². The lowest BCUT2D eigenvalue weighted by molar-refractivity contribution is -0.197. The van der Waals surface area contributed by atoms with E-state index in [1.54, 1.807) is 12.2 Å². The van der Waals surface area contributed by atoms with E-state index in [4.69, 9.17) is 38.0 Å². The Morgan fingerprint density at radius 2 is 1.31 bits per heavy atom. The summed E-state index contributed by atoms with van der Waals surface area (Å²) in [5, 5.41) is 1.60. The fraction of sp³-hybridized carbons (Fsp3) is 0.700. The molecule has 0 aliphatic carbocycles. The molecule has 1 aromatic rings. The quantitative estimate of drug-likeness (QED) is 0.665. The number of nitrogens with zero attached hydrogens (tertiary/aromatic N) is 1. The Labute approximate surface area is 172 Å². The van der Waals surface area contributed by atoms with E-state index >= 15 is 0 Å². The predicted molar refractivity (Wildman–Crippen MR) is 106 cm³/mol. The van der Waals surface area contributed by atoms with E-state index < -0.39 is 6.41 Å². The molecular weight excluding hydrogens is 382 g/mol. The largest absolute Gasteiger partial charge is 0.382 e. The molecule has 1 saturated heterocycles. The van der Waals surface area contributed by atoms with Gasteiger partial charge in [0, 0.05) is 7.11 Å². The minimum absolute atomic E-state index is 0.335. The Balaban J connectivity index is 1.97. The third-order valence-electron chi connectivity index (χ3n) is 3.81. The lowest BCUT2D eigenvalue weighted by atomic mass is 10.3. The van der Waals surface area contributed by atoms with Crippen molar-refractivity contribution in [2.24, 2.45) is 0 Å². The maximum absolute atomic E-state index is 5.93. The first-order valence-electron chi connectivity index (χ1n) is 9.92. The van der Waals surface area contributed by atoms with Gasteiger partial charge in [0.2, 0.25) is 0 Å². The third-order valence-corrected chi connectivity index (χ3v) is 3.81. The highest BCUT2D eigenvalue weighted by atomic mass is 16.8. The maximum Gasteiger partial charge on any atom is 0.263 e.